The Balaban J connectivity index is 2.48. The van der Waals surface area contributed by atoms with Crippen LogP contribution in [0.1, 0.15) is 18.7 Å². The molecule has 0 aliphatic carbocycles. The van der Waals surface area contributed by atoms with Gasteiger partial charge in [-0.05, 0) is 48.1 Å². The molecule has 0 radical (unpaired) electrons. The van der Waals surface area contributed by atoms with Gasteiger partial charge in [0.05, 0.1) is 6.54 Å². The number of nitrogens with zero attached hydrogens (tertiary/aromatic N) is 1. The predicted molar refractivity (Wildman–Crippen MR) is 74.4 cm³/mol. The molecule has 0 fully saturated rings. The van der Waals surface area contributed by atoms with Crippen LogP contribution in [0.2, 0.25) is 0 Å². The quantitative estimate of drug-likeness (QED) is 0.863. The fourth-order valence-corrected chi connectivity index (χ4v) is 2.90. The van der Waals surface area contributed by atoms with Crippen molar-refractivity contribution in [3.8, 4) is 0 Å². The van der Waals surface area contributed by atoms with Crippen molar-refractivity contribution in [1.82, 2.24) is 10.2 Å². The van der Waals surface area contributed by atoms with Crippen molar-refractivity contribution in [2.45, 2.75) is 26.4 Å². The summed E-state index contributed by atoms with van der Waals surface area (Å²) < 4.78 is 1.14. The van der Waals surface area contributed by atoms with E-state index in [1.54, 1.807) is 11.3 Å². The van der Waals surface area contributed by atoms with Crippen molar-refractivity contribution >= 4 is 44.6 Å². The molecule has 0 saturated heterocycles. The van der Waals surface area contributed by atoms with Crippen LogP contribution in [-0.2, 0) is 6.54 Å². The van der Waals surface area contributed by atoms with E-state index >= 15 is 0 Å². The van der Waals surface area contributed by atoms with E-state index in [4.69, 9.17) is 12.2 Å². The van der Waals surface area contributed by atoms with Crippen molar-refractivity contribution in [3.05, 3.63) is 20.8 Å². The molecule has 1 heterocycles. The molecule has 1 aromatic rings. The SMILES string of the molecule is CC(C)NC(=S)N(C)Cc1cc(Br)cs1. The molecule has 84 valence electrons. The van der Waals surface area contributed by atoms with E-state index in [0.717, 1.165) is 16.1 Å². The van der Waals surface area contributed by atoms with E-state index in [1.807, 2.05) is 11.9 Å². The highest BCUT2D eigenvalue weighted by molar-refractivity contribution is 9.10. The number of halogens is 1. The van der Waals surface area contributed by atoms with Gasteiger partial charge in [0.15, 0.2) is 5.11 Å². The third kappa shape index (κ3) is 4.49. The molecule has 0 bridgehead atoms. The highest BCUT2D eigenvalue weighted by Crippen LogP contribution is 2.20. The topological polar surface area (TPSA) is 15.3 Å². The van der Waals surface area contributed by atoms with Gasteiger partial charge in [0.25, 0.3) is 0 Å². The van der Waals surface area contributed by atoms with Gasteiger partial charge in [-0.2, -0.15) is 0 Å². The number of hydrogen-bond donors (Lipinski definition) is 1. The van der Waals surface area contributed by atoms with E-state index in [2.05, 4.69) is 46.5 Å². The summed E-state index contributed by atoms with van der Waals surface area (Å²) in [6, 6.07) is 2.51. The molecule has 0 atom stereocenters. The Hall–Kier alpha value is -0.130. The summed E-state index contributed by atoms with van der Waals surface area (Å²) >= 11 is 10.4. The molecule has 0 aliphatic heterocycles. The van der Waals surface area contributed by atoms with Gasteiger partial charge in [-0.3, -0.25) is 0 Å². The van der Waals surface area contributed by atoms with Crippen molar-refractivity contribution in [2.24, 2.45) is 0 Å². The summed E-state index contributed by atoms with van der Waals surface area (Å²) in [5.41, 5.74) is 0. The monoisotopic (exact) mass is 306 g/mol. The first-order chi connectivity index (χ1) is 6.99. The number of hydrogen-bond acceptors (Lipinski definition) is 2. The fourth-order valence-electron chi connectivity index (χ4n) is 1.10. The summed E-state index contributed by atoms with van der Waals surface area (Å²) in [6.07, 6.45) is 0. The Morgan fingerprint density at radius 1 is 1.67 bits per heavy atom. The molecule has 0 amide bonds. The van der Waals surface area contributed by atoms with E-state index in [1.165, 1.54) is 4.88 Å². The van der Waals surface area contributed by atoms with Gasteiger partial charge in [0, 0.05) is 27.8 Å². The minimum Gasteiger partial charge on any atom is -0.360 e. The van der Waals surface area contributed by atoms with Gasteiger partial charge in [0.2, 0.25) is 0 Å². The Labute approximate surface area is 109 Å². The Morgan fingerprint density at radius 3 is 2.80 bits per heavy atom. The zero-order valence-corrected chi connectivity index (χ0v) is 12.3. The normalized spacial score (nSPS) is 10.5. The van der Waals surface area contributed by atoms with Gasteiger partial charge in [-0.25, -0.2) is 0 Å². The molecule has 1 rings (SSSR count). The number of rotatable bonds is 3. The lowest BCUT2D eigenvalue weighted by molar-refractivity contribution is 0.485. The molecule has 0 aromatic carbocycles. The second-order valence-electron chi connectivity index (χ2n) is 3.69. The summed E-state index contributed by atoms with van der Waals surface area (Å²) in [6.45, 7) is 5.03. The number of thiocarbonyl (C=S) groups is 1. The molecule has 5 heteroatoms. The van der Waals surface area contributed by atoms with Crippen LogP contribution < -0.4 is 5.32 Å². The first kappa shape index (κ1) is 12.9. The third-order valence-corrected chi connectivity index (χ3v) is 3.89. The minimum atomic E-state index is 0.384. The molecule has 0 aliphatic rings. The van der Waals surface area contributed by atoms with Crippen LogP contribution >= 0.6 is 39.5 Å². The predicted octanol–water partition coefficient (Wildman–Crippen LogP) is 3.23. The van der Waals surface area contributed by atoms with Crippen molar-refractivity contribution < 1.29 is 0 Å². The first-order valence-corrected chi connectivity index (χ1v) is 6.81. The van der Waals surface area contributed by atoms with Crippen molar-refractivity contribution in [1.29, 1.82) is 0 Å². The largest absolute Gasteiger partial charge is 0.360 e. The summed E-state index contributed by atoms with van der Waals surface area (Å²) in [5, 5.41) is 6.11. The minimum absolute atomic E-state index is 0.384. The molecule has 0 spiro atoms. The number of thiophene rings is 1. The average molecular weight is 307 g/mol. The van der Waals surface area contributed by atoms with Gasteiger partial charge in [-0.1, -0.05) is 0 Å². The van der Waals surface area contributed by atoms with Crippen LogP contribution in [0.3, 0.4) is 0 Å². The van der Waals surface area contributed by atoms with Gasteiger partial charge in [0.1, 0.15) is 0 Å². The van der Waals surface area contributed by atoms with E-state index in [-0.39, 0.29) is 0 Å². The second kappa shape index (κ2) is 5.82. The summed E-state index contributed by atoms with van der Waals surface area (Å²) in [4.78, 5) is 3.35. The molecular formula is C10H15BrN2S2. The molecule has 0 unspecified atom stereocenters. The lowest BCUT2D eigenvalue weighted by Crippen LogP contribution is -2.39. The molecular weight excluding hydrogens is 292 g/mol. The maximum Gasteiger partial charge on any atom is 0.169 e. The Bertz CT molecular complexity index is 336. The lowest BCUT2D eigenvalue weighted by Gasteiger charge is -2.22. The highest BCUT2D eigenvalue weighted by atomic mass is 79.9. The van der Waals surface area contributed by atoms with Crippen molar-refractivity contribution in [2.75, 3.05) is 7.05 Å². The van der Waals surface area contributed by atoms with Crippen LogP contribution in [-0.4, -0.2) is 23.1 Å². The zero-order valence-electron chi connectivity index (χ0n) is 9.08. The van der Waals surface area contributed by atoms with E-state index in [0.29, 0.717) is 6.04 Å². The van der Waals surface area contributed by atoms with Crippen LogP contribution in [0.4, 0.5) is 0 Å². The first-order valence-electron chi connectivity index (χ1n) is 4.73. The average Bonchev–Trinajstić information content (AvgIpc) is 2.50. The zero-order chi connectivity index (χ0) is 11.4. The lowest BCUT2D eigenvalue weighted by atomic mass is 10.4. The smallest absolute Gasteiger partial charge is 0.169 e. The maximum absolute atomic E-state index is 5.27. The van der Waals surface area contributed by atoms with Crippen LogP contribution in [0.25, 0.3) is 0 Å². The van der Waals surface area contributed by atoms with Crippen LogP contribution in [0, 0.1) is 0 Å². The molecule has 15 heavy (non-hydrogen) atoms. The van der Waals surface area contributed by atoms with Gasteiger partial charge >= 0.3 is 0 Å². The molecule has 2 nitrogen and oxygen atoms in total. The van der Waals surface area contributed by atoms with E-state index < -0.39 is 0 Å². The molecule has 0 saturated carbocycles. The molecule has 1 N–H and O–H groups in total. The Morgan fingerprint density at radius 2 is 2.33 bits per heavy atom. The second-order valence-corrected chi connectivity index (χ2v) is 5.99. The number of nitrogens with one attached hydrogen (secondary N) is 1. The highest BCUT2D eigenvalue weighted by Gasteiger charge is 2.07. The maximum atomic E-state index is 5.27. The van der Waals surface area contributed by atoms with Gasteiger partial charge in [-0.15, -0.1) is 11.3 Å². The van der Waals surface area contributed by atoms with Crippen molar-refractivity contribution in [3.63, 3.8) is 0 Å². The van der Waals surface area contributed by atoms with Crippen LogP contribution in [0.5, 0.6) is 0 Å². The summed E-state index contributed by atoms with van der Waals surface area (Å²) in [5.74, 6) is 0. The molecule has 1 aromatic heterocycles. The standard InChI is InChI=1S/C10H15BrN2S2/c1-7(2)12-10(14)13(3)5-9-4-8(11)6-15-9/h4,6-7H,5H2,1-3H3,(H,12,14). The Kier molecular flexibility index (Phi) is 5.02. The third-order valence-electron chi connectivity index (χ3n) is 1.77. The fraction of sp³-hybridized carbons (Fsp3) is 0.500. The van der Waals surface area contributed by atoms with Gasteiger partial charge < -0.3 is 10.2 Å². The van der Waals surface area contributed by atoms with Crippen LogP contribution in [0.15, 0.2) is 15.9 Å². The van der Waals surface area contributed by atoms with E-state index in [9.17, 15) is 0 Å². The summed E-state index contributed by atoms with van der Waals surface area (Å²) in [7, 11) is 2.01.